The topological polar surface area (TPSA) is 65.4 Å². The fourth-order valence-electron chi connectivity index (χ4n) is 4.12. The van der Waals surface area contributed by atoms with Crippen molar-refractivity contribution in [1.29, 1.82) is 0 Å². The van der Waals surface area contributed by atoms with E-state index in [0.29, 0.717) is 22.8 Å². The lowest BCUT2D eigenvalue weighted by atomic mass is 9.87. The van der Waals surface area contributed by atoms with Gasteiger partial charge in [-0.2, -0.15) is 5.10 Å². The van der Waals surface area contributed by atoms with Crippen molar-refractivity contribution in [2.24, 2.45) is 5.92 Å². The van der Waals surface area contributed by atoms with Gasteiger partial charge in [0.15, 0.2) is 0 Å². The Labute approximate surface area is 183 Å². The Kier molecular flexibility index (Phi) is 6.26. The molecule has 0 aliphatic heterocycles. The normalized spacial score (nSPS) is 18.4. The highest BCUT2D eigenvalue weighted by Gasteiger charge is 2.25. The lowest BCUT2D eigenvalue weighted by Gasteiger charge is -2.26. The Morgan fingerprint density at radius 3 is 2.45 bits per heavy atom. The molecule has 1 fully saturated rings. The van der Waals surface area contributed by atoms with E-state index in [0.717, 1.165) is 42.9 Å². The molecule has 0 unspecified atom stereocenters. The highest BCUT2D eigenvalue weighted by molar-refractivity contribution is 6.00. The summed E-state index contributed by atoms with van der Waals surface area (Å²) in [5.41, 5.74) is 2.70. The predicted octanol–water partition coefficient (Wildman–Crippen LogP) is 4.87. The molecule has 1 N–H and O–H groups in total. The minimum atomic E-state index is -0.110. The molecular weight excluding hydrogens is 390 g/mol. The second-order valence-electron chi connectivity index (χ2n) is 8.17. The van der Waals surface area contributed by atoms with Crippen molar-refractivity contribution in [2.45, 2.75) is 38.6 Å². The largest absolute Gasteiger partial charge is 0.497 e. The molecule has 3 aromatic rings. The summed E-state index contributed by atoms with van der Waals surface area (Å²) in [6.45, 7) is 2.27. The molecule has 2 aromatic carbocycles. The van der Waals surface area contributed by atoms with Crippen LogP contribution in [0.25, 0.3) is 16.9 Å². The number of nitrogens with one attached hydrogen (secondary N) is 1. The Balaban J connectivity index is 1.75. The number of ether oxygens (including phenoxy) is 2. The van der Waals surface area contributed by atoms with Crippen molar-refractivity contribution < 1.29 is 14.3 Å². The first-order chi connectivity index (χ1) is 15.1. The smallest absolute Gasteiger partial charge is 0.255 e. The van der Waals surface area contributed by atoms with Crippen LogP contribution >= 0.6 is 0 Å². The van der Waals surface area contributed by atoms with Gasteiger partial charge >= 0.3 is 0 Å². The van der Waals surface area contributed by atoms with E-state index in [1.807, 2.05) is 48.5 Å². The third-order valence-electron chi connectivity index (χ3n) is 5.99. The Morgan fingerprint density at radius 2 is 1.77 bits per heavy atom. The summed E-state index contributed by atoms with van der Waals surface area (Å²) in [6, 6.07) is 15.5. The van der Waals surface area contributed by atoms with E-state index in [2.05, 4.69) is 12.2 Å². The first-order valence-corrected chi connectivity index (χ1v) is 10.8. The molecule has 1 aliphatic rings. The average Bonchev–Trinajstić information content (AvgIpc) is 3.26. The van der Waals surface area contributed by atoms with Crippen LogP contribution in [-0.2, 0) is 0 Å². The van der Waals surface area contributed by atoms with Crippen molar-refractivity contribution in [3.63, 3.8) is 0 Å². The Morgan fingerprint density at radius 1 is 1.03 bits per heavy atom. The van der Waals surface area contributed by atoms with Crippen LogP contribution in [0.1, 0.15) is 43.0 Å². The third-order valence-corrected chi connectivity index (χ3v) is 5.99. The molecule has 1 aromatic heterocycles. The molecular formula is C25H29N3O3. The average molecular weight is 420 g/mol. The highest BCUT2D eigenvalue weighted by Crippen LogP contribution is 2.35. The number of carbonyl (C=O) groups excluding carboxylic acids is 1. The zero-order valence-electron chi connectivity index (χ0n) is 18.3. The molecule has 0 radical (unpaired) electrons. The molecule has 4 rings (SSSR count). The highest BCUT2D eigenvalue weighted by atomic mass is 16.5. The van der Waals surface area contributed by atoms with Gasteiger partial charge in [0.25, 0.3) is 5.91 Å². The van der Waals surface area contributed by atoms with E-state index in [1.54, 1.807) is 25.1 Å². The lowest BCUT2D eigenvalue weighted by Crippen LogP contribution is -2.37. The zero-order valence-corrected chi connectivity index (χ0v) is 18.3. The van der Waals surface area contributed by atoms with Crippen molar-refractivity contribution >= 4 is 5.91 Å². The standard InChI is InChI=1S/C25H29N3O3/c1-17-9-11-18(12-10-17)26-25(29)22-16-28(19-7-5-4-6-8-19)27-24(22)21-15-20(30-2)13-14-23(21)31-3/h4-8,13-18H,9-12H2,1-3H3,(H,26,29). The van der Waals surface area contributed by atoms with Gasteiger partial charge in [-0.25, -0.2) is 4.68 Å². The van der Waals surface area contributed by atoms with Crippen LogP contribution in [0, 0.1) is 5.92 Å². The molecule has 0 atom stereocenters. The summed E-state index contributed by atoms with van der Waals surface area (Å²) < 4.78 is 12.7. The quantitative estimate of drug-likeness (QED) is 0.619. The van der Waals surface area contributed by atoms with Gasteiger partial charge in [0.05, 0.1) is 25.5 Å². The first kappa shape index (κ1) is 21.0. The lowest BCUT2D eigenvalue weighted by molar-refractivity contribution is 0.0923. The number of nitrogens with zero attached hydrogens (tertiary/aromatic N) is 2. The van der Waals surface area contributed by atoms with E-state index < -0.39 is 0 Å². The number of para-hydroxylation sites is 1. The van der Waals surface area contributed by atoms with Crippen molar-refractivity contribution in [1.82, 2.24) is 15.1 Å². The van der Waals surface area contributed by atoms with Gasteiger partial charge in [-0.3, -0.25) is 4.79 Å². The summed E-state index contributed by atoms with van der Waals surface area (Å²) in [6.07, 6.45) is 6.11. The van der Waals surface area contributed by atoms with Gasteiger partial charge in [0.2, 0.25) is 0 Å². The van der Waals surface area contributed by atoms with Crippen LogP contribution in [0.2, 0.25) is 0 Å². The number of methoxy groups -OCH3 is 2. The van der Waals surface area contributed by atoms with E-state index in [1.165, 1.54) is 0 Å². The predicted molar refractivity (Wildman–Crippen MR) is 121 cm³/mol. The van der Waals surface area contributed by atoms with Gasteiger partial charge in [0.1, 0.15) is 17.2 Å². The summed E-state index contributed by atoms with van der Waals surface area (Å²) in [7, 11) is 3.23. The molecule has 162 valence electrons. The molecule has 1 saturated carbocycles. The summed E-state index contributed by atoms with van der Waals surface area (Å²) in [5, 5.41) is 8.01. The van der Waals surface area contributed by atoms with Gasteiger partial charge in [0, 0.05) is 17.8 Å². The van der Waals surface area contributed by atoms with Crippen LogP contribution in [0.4, 0.5) is 0 Å². The molecule has 0 spiro atoms. The molecule has 1 aliphatic carbocycles. The number of amides is 1. The number of hydrogen-bond donors (Lipinski definition) is 1. The minimum absolute atomic E-state index is 0.110. The van der Waals surface area contributed by atoms with Crippen molar-refractivity contribution in [3.05, 3.63) is 60.3 Å². The fraction of sp³-hybridized carbons (Fsp3) is 0.360. The van der Waals surface area contributed by atoms with Gasteiger partial charge < -0.3 is 14.8 Å². The minimum Gasteiger partial charge on any atom is -0.497 e. The van der Waals surface area contributed by atoms with Gasteiger partial charge in [-0.1, -0.05) is 25.1 Å². The van der Waals surface area contributed by atoms with E-state index in [-0.39, 0.29) is 11.9 Å². The van der Waals surface area contributed by atoms with Crippen LogP contribution in [0.15, 0.2) is 54.7 Å². The number of aromatic nitrogens is 2. The van der Waals surface area contributed by atoms with Crippen LogP contribution in [-0.4, -0.2) is 35.9 Å². The SMILES string of the molecule is COc1ccc(OC)c(-c2nn(-c3ccccc3)cc2C(=O)NC2CCC(C)CC2)c1. The van der Waals surface area contributed by atoms with Crippen LogP contribution in [0.3, 0.4) is 0 Å². The summed E-state index contributed by atoms with van der Waals surface area (Å²) >= 11 is 0. The maximum Gasteiger partial charge on any atom is 0.255 e. The number of carbonyl (C=O) groups is 1. The molecule has 6 nitrogen and oxygen atoms in total. The molecule has 1 heterocycles. The van der Waals surface area contributed by atoms with E-state index in [4.69, 9.17) is 14.6 Å². The Hall–Kier alpha value is -3.28. The fourth-order valence-corrected chi connectivity index (χ4v) is 4.12. The number of hydrogen-bond acceptors (Lipinski definition) is 4. The molecule has 0 bridgehead atoms. The van der Waals surface area contributed by atoms with Crippen molar-refractivity contribution in [2.75, 3.05) is 14.2 Å². The van der Waals surface area contributed by atoms with Crippen LogP contribution < -0.4 is 14.8 Å². The summed E-state index contributed by atoms with van der Waals surface area (Å²) in [4.78, 5) is 13.4. The molecule has 0 saturated heterocycles. The van der Waals surface area contributed by atoms with E-state index >= 15 is 0 Å². The van der Waals surface area contributed by atoms with Crippen LogP contribution in [0.5, 0.6) is 11.5 Å². The van der Waals surface area contributed by atoms with Gasteiger partial charge in [-0.15, -0.1) is 0 Å². The van der Waals surface area contributed by atoms with Crippen molar-refractivity contribution in [3.8, 4) is 28.4 Å². The number of benzene rings is 2. The zero-order chi connectivity index (χ0) is 21.8. The molecule has 6 heteroatoms. The maximum atomic E-state index is 13.4. The second kappa shape index (κ2) is 9.25. The molecule has 1 amide bonds. The van der Waals surface area contributed by atoms with E-state index in [9.17, 15) is 4.79 Å². The van der Waals surface area contributed by atoms with Gasteiger partial charge in [-0.05, 0) is 61.9 Å². The summed E-state index contributed by atoms with van der Waals surface area (Å²) in [5.74, 6) is 1.93. The monoisotopic (exact) mass is 419 g/mol. The maximum absolute atomic E-state index is 13.4. The second-order valence-corrected chi connectivity index (χ2v) is 8.17. The Bertz CT molecular complexity index is 1040. The number of rotatable bonds is 6. The third kappa shape index (κ3) is 4.58. The first-order valence-electron chi connectivity index (χ1n) is 10.8. The molecule has 31 heavy (non-hydrogen) atoms.